The molecule has 3 nitrogen and oxygen atoms in total. The van der Waals surface area contributed by atoms with E-state index in [1.807, 2.05) is 6.08 Å². The van der Waals surface area contributed by atoms with E-state index in [9.17, 15) is 0 Å². The molecule has 3 N–H and O–H groups in total. The lowest BCUT2D eigenvalue weighted by Crippen LogP contribution is -2.19. The summed E-state index contributed by atoms with van der Waals surface area (Å²) < 4.78 is 0. The summed E-state index contributed by atoms with van der Waals surface area (Å²) in [5, 5.41) is 0. The van der Waals surface area contributed by atoms with Crippen LogP contribution in [-0.2, 0) is 4.94 Å². The third kappa shape index (κ3) is 7.62. The van der Waals surface area contributed by atoms with Gasteiger partial charge in [-0.1, -0.05) is 6.08 Å². The Hall–Kier alpha value is -0.380. The molecule has 0 aliphatic heterocycles. The quantitative estimate of drug-likeness (QED) is 0.316. The van der Waals surface area contributed by atoms with E-state index in [4.69, 9.17) is 5.90 Å². The number of allylic oxidation sites excluding steroid dienone is 1. The fourth-order valence-corrected chi connectivity index (χ4v) is 0.545. The number of hydroxylamine groups is 1. The van der Waals surface area contributed by atoms with Crippen LogP contribution in [0.4, 0.5) is 0 Å². The number of nitrogens with one attached hydrogen (secondary N) is 1. The number of rotatable bonds is 6. The average Bonchev–Trinajstić information content (AvgIpc) is 1.89. The zero-order valence-corrected chi connectivity index (χ0v) is 5.60. The number of nitrogens with two attached hydrogens (primary N) is 1. The van der Waals surface area contributed by atoms with Crippen LogP contribution in [0.2, 0.25) is 0 Å². The molecule has 0 radical (unpaired) electrons. The molecule has 0 heterocycles. The summed E-state index contributed by atoms with van der Waals surface area (Å²) in [4.78, 5) is 4.15. The second-order valence-corrected chi connectivity index (χ2v) is 1.80. The highest BCUT2D eigenvalue weighted by Crippen LogP contribution is 1.92. The molecule has 0 unspecified atom stereocenters. The smallest absolute Gasteiger partial charge is 0.0229 e. The molecule has 0 saturated heterocycles. The van der Waals surface area contributed by atoms with E-state index in [1.54, 1.807) is 0 Å². The Morgan fingerprint density at radius 1 is 1.56 bits per heavy atom. The third-order valence-corrected chi connectivity index (χ3v) is 1.02. The molecule has 0 aromatic rings. The third-order valence-electron chi connectivity index (χ3n) is 1.02. The lowest BCUT2D eigenvalue weighted by molar-refractivity contribution is 0.0402. The van der Waals surface area contributed by atoms with Gasteiger partial charge in [-0.25, -0.2) is 4.94 Å². The van der Waals surface area contributed by atoms with E-state index in [2.05, 4.69) is 17.0 Å². The van der Waals surface area contributed by atoms with Crippen LogP contribution in [-0.4, -0.2) is 6.54 Å². The molecule has 0 aromatic carbocycles. The van der Waals surface area contributed by atoms with E-state index in [0.717, 1.165) is 25.8 Å². The van der Waals surface area contributed by atoms with E-state index in [-0.39, 0.29) is 0 Å². The first-order valence-electron chi connectivity index (χ1n) is 3.11. The van der Waals surface area contributed by atoms with Crippen LogP contribution < -0.4 is 11.4 Å². The predicted octanol–water partition coefficient (Wildman–Crippen LogP) is 0.738. The van der Waals surface area contributed by atoms with Gasteiger partial charge in [-0.15, -0.1) is 6.58 Å². The molecule has 0 spiro atoms. The van der Waals surface area contributed by atoms with Gasteiger partial charge >= 0.3 is 0 Å². The Bertz CT molecular complexity index is 66.1. The summed E-state index contributed by atoms with van der Waals surface area (Å²) in [5.41, 5.74) is 2.55. The molecule has 0 amide bonds. The summed E-state index contributed by atoms with van der Waals surface area (Å²) >= 11 is 0. The summed E-state index contributed by atoms with van der Waals surface area (Å²) in [6, 6.07) is 0. The van der Waals surface area contributed by atoms with E-state index < -0.39 is 0 Å². The van der Waals surface area contributed by atoms with Crippen LogP contribution >= 0.6 is 0 Å². The first-order valence-corrected chi connectivity index (χ1v) is 3.11. The standard InChI is InChI=1S/C6H14N2O/c1-2-3-4-5-6-8-9-7/h2,8H,1,3-7H2. The average molecular weight is 130 g/mol. The predicted molar refractivity (Wildman–Crippen MR) is 37.3 cm³/mol. The molecule has 0 aliphatic rings. The van der Waals surface area contributed by atoms with Gasteiger partial charge in [0.2, 0.25) is 0 Å². The van der Waals surface area contributed by atoms with Crippen LogP contribution in [0.15, 0.2) is 12.7 Å². The van der Waals surface area contributed by atoms with Crippen LogP contribution in [0.3, 0.4) is 0 Å². The Kier molecular flexibility index (Phi) is 7.30. The van der Waals surface area contributed by atoms with Crippen molar-refractivity contribution in [3.63, 3.8) is 0 Å². The minimum absolute atomic E-state index is 0.810. The van der Waals surface area contributed by atoms with Crippen molar-refractivity contribution in [2.75, 3.05) is 6.54 Å². The van der Waals surface area contributed by atoms with Crippen molar-refractivity contribution < 1.29 is 4.94 Å². The fraction of sp³-hybridized carbons (Fsp3) is 0.667. The molecule has 54 valence electrons. The van der Waals surface area contributed by atoms with Crippen molar-refractivity contribution in [3.05, 3.63) is 12.7 Å². The Morgan fingerprint density at radius 3 is 2.89 bits per heavy atom. The number of unbranched alkanes of at least 4 members (excludes halogenated alkanes) is 2. The van der Waals surface area contributed by atoms with Gasteiger partial charge < -0.3 is 0 Å². The molecular formula is C6H14N2O. The molecule has 0 atom stereocenters. The Balaban J connectivity index is 2.66. The first kappa shape index (κ1) is 8.62. The SMILES string of the molecule is C=CCCCCNON. The maximum absolute atomic E-state index is 4.71. The second-order valence-electron chi connectivity index (χ2n) is 1.80. The van der Waals surface area contributed by atoms with E-state index >= 15 is 0 Å². The molecule has 0 aliphatic carbocycles. The molecule has 3 heteroatoms. The summed E-state index contributed by atoms with van der Waals surface area (Å²) in [5.74, 6) is 4.71. The molecule has 0 fully saturated rings. The lowest BCUT2D eigenvalue weighted by atomic mass is 10.2. The monoisotopic (exact) mass is 130 g/mol. The summed E-state index contributed by atoms with van der Waals surface area (Å²) in [6.07, 6.45) is 5.18. The molecule has 0 aromatic heterocycles. The van der Waals surface area contributed by atoms with Crippen LogP contribution in [0.1, 0.15) is 19.3 Å². The van der Waals surface area contributed by atoms with Gasteiger partial charge in [0.1, 0.15) is 0 Å². The van der Waals surface area contributed by atoms with Crippen LogP contribution in [0.25, 0.3) is 0 Å². The minimum atomic E-state index is 0.810. The van der Waals surface area contributed by atoms with Crippen molar-refractivity contribution in [2.24, 2.45) is 5.90 Å². The van der Waals surface area contributed by atoms with Gasteiger partial charge in [-0.3, -0.25) is 0 Å². The lowest BCUT2D eigenvalue weighted by Gasteiger charge is -1.97. The maximum atomic E-state index is 4.71. The van der Waals surface area contributed by atoms with Gasteiger partial charge in [0.25, 0.3) is 0 Å². The van der Waals surface area contributed by atoms with Gasteiger partial charge in [0.15, 0.2) is 0 Å². The van der Waals surface area contributed by atoms with Gasteiger partial charge in [-0.05, 0) is 19.3 Å². The van der Waals surface area contributed by atoms with Gasteiger partial charge in [0.05, 0.1) is 0 Å². The molecule has 0 bridgehead atoms. The molecule has 9 heavy (non-hydrogen) atoms. The molecular weight excluding hydrogens is 116 g/mol. The largest absolute Gasteiger partial charge is 0.217 e. The second kappa shape index (κ2) is 7.62. The highest BCUT2D eigenvalue weighted by molar-refractivity contribution is 4.65. The van der Waals surface area contributed by atoms with Gasteiger partial charge in [-0.2, -0.15) is 11.4 Å². The molecule has 0 saturated carbocycles. The minimum Gasteiger partial charge on any atom is -0.217 e. The van der Waals surface area contributed by atoms with E-state index in [0.29, 0.717) is 0 Å². The number of hydrogen-bond acceptors (Lipinski definition) is 3. The van der Waals surface area contributed by atoms with Crippen LogP contribution in [0, 0.1) is 0 Å². The summed E-state index contributed by atoms with van der Waals surface area (Å²) in [7, 11) is 0. The van der Waals surface area contributed by atoms with Crippen molar-refractivity contribution in [1.82, 2.24) is 5.48 Å². The van der Waals surface area contributed by atoms with Crippen molar-refractivity contribution in [1.29, 1.82) is 0 Å². The topological polar surface area (TPSA) is 47.3 Å². The fourth-order valence-electron chi connectivity index (χ4n) is 0.545. The first-order chi connectivity index (χ1) is 4.41. The summed E-state index contributed by atoms with van der Waals surface area (Å²) in [6.45, 7) is 4.41. The van der Waals surface area contributed by atoms with Gasteiger partial charge in [0, 0.05) is 6.54 Å². The normalized spacial score (nSPS) is 9.44. The highest BCUT2D eigenvalue weighted by atomic mass is 16.8. The molecule has 0 rings (SSSR count). The maximum Gasteiger partial charge on any atom is 0.0229 e. The Labute approximate surface area is 55.8 Å². The zero-order valence-electron chi connectivity index (χ0n) is 5.60. The van der Waals surface area contributed by atoms with Crippen LogP contribution in [0.5, 0.6) is 0 Å². The zero-order chi connectivity index (χ0) is 6.95. The highest BCUT2D eigenvalue weighted by Gasteiger charge is 1.83. The van der Waals surface area contributed by atoms with Crippen molar-refractivity contribution in [3.8, 4) is 0 Å². The van der Waals surface area contributed by atoms with Crippen molar-refractivity contribution in [2.45, 2.75) is 19.3 Å². The Morgan fingerprint density at radius 2 is 2.33 bits per heavy atom. The van der Waals surface area contributed by atoms with Crippen molar-refractivity contribution >= 4 is 0 Å². The van der Waals surface area contributed by atoms with E-state index in [1.165, 1.54) is 0 Å². The number of hydrogen-bond donors (Lipinski definition) is 2.